The minimum absolute atomic E-state index is 0.0712. The Morgan fingerprint density at radius 1 is 1.10 bits per heavy atom. The lowest BCUT2D eigenvalue weighted by molar-refractivity contribution is -0.133. The molecule has 0 saturated heterocycles. The molecule has 0 fully saturated rings. The number of rotatable bonds is 11. The molecule has 2 aromatic carbocycles. The van der Waals surface area contributed by atoms with E-state index >= 15 is 0 Å². The zero-order valence-electron chi connectivity index (χ0n) is 17.0. The van der Waals surface area contributed by atoms with Crippen LogP contribution < -0.4 is 14.8 Å². The molecule has 0 aliphatic heterocycles. The van der Waals surface area contributed by atoms with Gasteiger partial charge in [-0.05, 0) is 36.6 Å². The molecular weight excluding hydrogens is 368 g/mol. The topological polar surface area (TPSA) is 67.9 Å². The van der Waals surface area contributed by atoms with Gasteiger partial charge in [0.15, 0.2) is 18.1 Å². The van der Waals surface area contributed by atoms with Gasteiger partial charge in [-0.25, -0.2) is 0 Å². The predicted octanol–water partition coefficient (Wildman–Crippen LogP) is 2.97. The third-order valence-electron chi connectivity index (χ3n) is 4.35. The highest BCUT2D eigenvalue weighted by Crippen LogP contribution is 2.28. The van der Waals surface area contributed by atoms with Crippen LogP contribution in [0.25, 0.3) is 0 Å². The minimum Gasteiger partial charge on any atom is -0.493 e. The molecule has 0 atom stereocenters. The summed E-state index contributed by atoms with van der Waals surface area (Å²) in [4.78, 5) is 26.2. The molecular formula is C23H28N2O4. The zero-order chi connectivity index (χ0) is 21.1. The van der Waals surface area contributed by atoms with Crippen LogP contribution in [0.1, 0.15) is 18.1 Å². The minimum atomic E-state index is -0.369. The summed E-state index contributed by atoms with van der Waals surface area (Å²) in [6.45, 7) is 6.43. The van der Waals surface area contributed by atoms with Crippen LogP contribution in [0.5, 0.6) is 11.5 Å². The molecule has 0 aliphatic rings. The Bertz CT molecular complexity index is 821. The Hall–Kier alpha value is -3.28. The average molecular weight is 396 g/mol. The number of ether oxygens (including phenoxy) is 2. The van der Waals surface area contributed by atoms with Crippen LogP contribution >= 0.6 is 0 Å². The number of nitrogens with one attached hydrogen (secondary N) is 1. The van der Waals surface area contributed by atoms with Gasteiger partial charge in [0.25, 0.3) is 5.91 Å². The standard InChI is InChI=1S/C23H28N2O4/c1-4-9-18-12-13-20(21(14-18)28-3)29-17-22(26)24-15-23(27)25(5-2)16-19-10-7-6-8-11-19/h4,6-8,10-14H,1,5,9,15-17H2,2-3H3,(H,24,26). The first-order valence-corrected chi connectivity index (χ1v) is 9.56. The van der Waals surface area contributed by atoms with Gasteiger partial charge in [-0.1, -0.05) is 42.5 Å². The van der Waals surface area contributed by atoms with Crippen LogP contribution in [-0.2, 0) is 22.6 Å². The van der Waals surface area contributed by atoms with E-state index in [1.807, 2.05) is 49.4 Å². The van der Waals surface area contributed by atoms with E-state index in [0.717, 1.165) is 17.5 Å². The second-order valence-corrected chi connectivity index (χ2v) is 6.44. The lowest BCUT2D eigenvalue weighted by Crippen LogP contribution is -2.41. The average Bonchev–Trinajstić information content (AvgIpc) is 2.75. The number of hydrogen-bond acceptors (Lipinski definition) is 4. The number of carbonyl (C=O) groups is 2. The van der Waals surface area contributed by atoms with Crippen molar-refractivity contribution in [1.82, 2.24) is 10.2 Å². The van der Waals surface area contributed by atoms with E-state index in [0.29, 0.717) is 24.6 Å². The number of carbonyl (C=O) groups excluding carboxylic acids is 2. The van der Waals surface area contributed by atoms with Gasteiger partial charge in [0.1, 0.15) is 0 Å². The summed E-state index contributed by atoms with van der Waals surface area (Å²) in [5, 5.41) is 2.61. The van der Waals surface area contributed by atoms with Crippen molar-refractivity contribution in [3.8, 4) is 11.5 Å². The number of hydrogen-bond donors (Lipinski definition) is 1. The van der Waals surface area contributed by atoms with E-state index in [1.165, 1.54) is 0 Å². The van der Waals surface area contributed by atoms with Crippen molar-refractivity contribution in [2.45, 2.75) is 19.9 Å². The van der Waals surface area contributed by atoms with E-state index in [-0.39, 0.29) is 25.0 Å². The van der Waals surface area contributed by atoms with Crippen molar-refractivity contribution in [3.05, 3.63) is 72.3 Å². The van der Waals surface area contributed by atoms with Crippen molar-refractivity contribution in [2.75, 3.05) is 26.8 Å². The van der Waals surface area contributed by atoms with Crippen LogP contribution in [0.4, 0.5) is 0 Å². The number of likely N-dealkylation sites (N-methyl/N-ethyl adjacent to an activating group) is 1. The number of benzene rings is 2. The maximum atomic E-state index is 12.4. The van der Waals surface area contributed by atoms with Crippen molar-refractivity contribution < 1.29 is 19.1 Å². The molecule has 1 N–H and O–H groups in total. The van der Waals surface area contributed by atoms with Gasteiger partial charge in [-0.15, -0.1) is 6.58 Å². The molecule has 6 heteroatoms. The molecule has 0 bridgehead atoms. The molecule has 154 valence electrons. The van der Waals surface area contributed by atoms with Gasteiger partial charge in [0, 0.05) is 13.1 Å². The molecule has 29 heavy (non-hydrogen) atoms. The van der Waals surface area contributed by atoms with E-state index in [4.69, 9.17) is 9.47 Å². The summed E-state index contributed by atoms with van der Waals surface area (Å²) in [6.07, 6.45) is 2.52. The maximum absolute atomic E-state index is 12.4. The fraction of sp³-hybridized carbons (Fsp3) is 0.304. The summed E-state index contributed by atoms with van der Waals surface area (Å²) >= 11 is 0. The van der Waals surface area contributed by atoms with Crippen LogP contribution in [0, 0.1) is 0 Å². The number of amides is 2. The summed E-state index contributed by atoms with van der Waals surface area (Å²) < 4.78 is 10.9. The molecule has 6 nitrogen and oxygen atoms in total. The van der Waals surface area contributed by atoms with Crippen LogP contribution in [0.2, 0.25) is 0 Å². The van der Waals surface area contributed by atoms with Gasteiger partial charge < -0.3 is 19.7 Å². The third kappa shape index (κ3) is 6.99. The van der Waals surface area contributed by atoms with E-state index in [1.54, 1.807) is 24.2 Å². The van der Waals surface area contributed by atoms with E-state index in [2.05, 4.69) is 11.9 Å². The Balaban J connectivity index is 1.83. The lowest BCUT2D eigenvalue weighted by atomic mass is 10.1. The monoisotopic (exact) mass is 396 g/mol. The van der Waals surface area contributed by atoms with Gasteiger partial charge in [-0.3, -0.25) is 9.59 Å². The lowest BCUT2D eigenvalue weighted by Gasteiger charge is -2.21. The van der Waals surface area contributed by atoms with Crippen LogP contribution in [0.3, 0.4) is 0 Å². The second kappa shape index (κ2) is 11.5. The normalized spacial score (nSPS) is 10.1. The van der Waals surface area contributed by atoms with E-state index < -0.39 is 0 Å². The number of allylic oxidation sites excluding steroid dienone is 1. The fourth-order valence-corrected chi connectivity index (χ4v) is 2.79. The Kier molecular flexibility index (Phi) is 8.76. The molecule has 0 aromatic heterocycles. The molecule has 2 amide bonds. The number of methoxy groups -OCH3 is 1. The highest BCUT2D eigenvalue weighted by Gasteiger charge is 2.14. The van der Waals surface area contributed by atoms with Crippen molar-refractivity contribution in [3.63, 3.8) is 0 Å². The first-order valence-electron chi connectivity index (χ1n) is 9.56. The summed E-state index contributed by atoms with van der Waals surface area (Å²) in [5.41, 5.74) is 2.08. The van der Waals surface area contributed by atoms with Gasteiger partial charge in [-0.2, -0.15) is 0 Å². The number of nitrogens with zero attached hydrogens (tertiary/aromatic N) is 1. The quantitative estimate of drug-likeness (QED) is 0.593. The molecule has 0 unspecified atom stereocenters. The summed E-state index contributed by atoms with van der Waals surface area (Å²) in [6, 6.07) is 15.2. The maximum Gasteiger partial charge on any atom is 0.258 e. The Morgan fingerprint density at radius 3 is 2.52 bits per heavy atom. The summed E-state index contributed by atoms with van der Waals surface area (Å²) in [7, 11) is 1.55. The van der Waals surface area contributed by atoms with E-state index in [9.17, 15) is 9.59 Å². The fourth-order valence-electron chi connectivity index (χ4n) is 2.79. The summed E-state index contributed by atoms with van der Waals surface area (Å²) in [5.74, 6) is 0.511. The van der Waals surface area contributed by atoms with Crippen molar-refractivity contribution in [1.29, 1.82) is 0 Å². The molecule has 0 saturated carbocycles. The van der Waals surface area contributed by atoms with Crippen molar-refractivity contribution in [2.24, 2.45) is 0 Å². The van der Waals surface area contributed by atoms with Crippen LogP contribution in [0.15, 0.2) is 61.2 Å². The highest BCUT2D eigenvalue weighted by atomic mass is 16.5. The first kappa shape index (κ1) is 22.0. The molecule has 2 aromatic rings. The smallest absolute Gasteiger partial charge is 0.258 e. The first-order chi connectivity index (χ1) is 14.1. The molecule has 0 spiro atoms. The van der Waals surface area contributed by atoms with Gasteiger partial charge in [0.2, 0.25) is 5.91 Å². The van der Waals surface area contributed by atoms with Gasteiger partial charge >= 0.3 is 0 Å². The second-order valence-electron chi connectivity index (χ2n) is 6.44. The molecule has 0 heterocycles. The molecule has 0 radical (unpaired) electrons. The highest BCUT2D eigenvalue weighted by molar-refractivity contribution is 5.85. The van der Waals surface area contributed by atoms with Crippen molar-refractivity contribution >= 4 is 11.8 Å². The van der Waals surface area contributed by atoms with Gasteiger partial charge in [0.05, 0.1) is 13.7 Å². The zero-order valence-corrected chi connectivity index (χ0v) is 17.0. The van der Waals surface area contributed by atoms with Crippen LogP contribution in [-0.4, -0.2) is 43.5 Å². The Labute approximate surface area is 172 Å². The molecule has 2 rings (SSSR count). The third-order valence-corrected chi connectivity index (χ3v) is 4.35. The predicted molar refractivity (Wildman–Crippen MR) is 113 cm³/mol. The Morgan fingerprint density at radius 2 is 1.86 bits per heavy atom. The SMILES string of the molecule is C=CCc1ccc(OCC(=O)NCC(=O)N(CC)Cc2ccccc2)c(OC)c1. The largest absolute Gasteiger partial charge is 0.493 e. The molecule has 0 aliphatic carbocycles.